The SMILES string of the molecule is Cc1nn(-c2ccccc2)c(C)c1NC(=O)C[NH+](C)Cc1ccc(C(C)(C)C)cc1. The monoisotopic (exact) mass is 405 g/mol. The van der Waals surface area contributed by atoms with Crippen molar-refractivity contribution in [2.45, 2.75) is 46.6 Å². The van der Waals surface area contributed by atoms with E-state index in [1.54, 1.807) is 0 Å². The van der Waals surface area contributed by atoms with E-state index in [1.807, 2.05) is 55.9 Å². The number of carbonyl (C=O) groups is 1. The summed E-state index contributed by atoms with van der Waals surface area (Å²) < 4.78 is 1.87. The molecule has 0 fully saturated rings. The van der Waals surface area contributed by atoms with Crippen LogP contribution < -0.4 is 10.2 Å². The first-order valence-electron chi connectivity index (χ1n) is 10.5. The molecule has 5 nitrogen and oxygen atoms in total. The molecule has 30 heavy (non-hydrogen) atoms. The normalized spacial score (nSPS) is 12.6. The van der Waals surface area contributed by atoms with Crippen LogP contribution in [-0.2, 0) is 16.8 Å². The fraction of sp³-hybridized carbons (Fsp3) is 0.360. The summed E-state index contributed by atoms with van der Waals surface area (Å²) in [6, 6.07) is 18.7. The maximum Gasteiger partial charge on any atom is 0.279 e. The number of hydrogen-bond acceptors (Lipinski definition) is 2. The third kappa shape index (κ3) is 5.16. The van der Waals surface area contributed by atoms with Gasteiger partial charge in [0.25, 0.3) is 5.91 Å². The molecular formula is C25H33N4O+. The molecule has 2 aromatic carbocycles. The van der Waals surface area contributed by atoms with E-state index in [2.05, 4.69) is 55.5 Å². The molecule has 1 atom stereocenters. The van der Waals surface area contributed by atoms with Gasteiger partial charge >= 0.3 is 0 Å². The van der Waals surface area contributed by atoms with Crippen LogP contribution in [0.25, 0.3) is 5.69 Å². The summed E-state index contributed by atoms with van der Waals surface area (Å²) in [6.45, 7) is 11.8. The predicted molar refractivity (Wildman–Crippen MR) is 122 cm³/mol. The summed E-state index contributed by atoms with van der Waals surface area (Å²) in [6.07, 6.45) is 0. The van der Waals surface area contributed by atoms with E-state index < -0.39 is 0 Å². The van der Waals surface area contributed by atoms with Crippen LogP contribution in [0.15, 0.2) is 54.6 Å². The number of aryl methyl sites for hydroxylation is 1. The molecule has 0 aliphatic carbocycles. The van der Waals surface area contributed by atoms with Gasteiger partial charge in [0, 0.05) is 5.56 Å². The minimum absolute atomic E-state index is 0.00220. The van der Waals surface area contributed by atoms with E-state index in [-0.39, 0.29) is 11.3 Å². The Balaban J connectivity index is 1.62. The van der Waals surface area contributed by atoms with Gasteiger partial charge in [-0.25, -0.2) is 4.68 Å². The van der Waals surface area contributed by atoms with Crippen LogP contribution in [0.4, 0.5) is 5.69 Å². The second kappa shape index (κ2) is 8.84. The summed E-state index contributed by atoms with van der Waals surface area (Å²) in [7, 11) is 2.05. The van der Waals surface area contributed by atoms with Crippen molar-refractivity contribution in [1.29, 1.82) is 0 Å². The lowest BCUT2D eigenvalue weighted by atomic mass is 9.87. The van der Waals surface area contributed by atoms with Gasteiger partial charge in [-0.15, -0.1) is 0 Å². The Morgan fingerprint density at radius 3 is 2.27 bits per heavy atom. The number of benzene rings is 2. The molecule has 158 valence electrons. The van der Waals surface area contributed by atoms with E-state index in [1.165, 1.54) is 11.1 Å². The summed E-state index contributed by atoms with van der Waals surface area (Å²) >= 11 is 0. The Kier molecular flexibility index (Phi) is 6.42. The highest BCUT2D eigenvalue weighted by molar-refractivity contribution is 5.92. The minimum atomic E-state index is -0.00220. The van der Waals surface area contributed by atoms with Gasteiger partial charge in [0.2, 0.25) is 0 Å². The summed E-state index contributed by atoms with van der Waals surface area (Å²) in [5.74, 6) is -0.00220. The van der Waals surface area contributed by atoms with Crippen LogP contribution in [0.2, 0.25) is 0 Å². The molecule has 5 heteroatoms. The van der Waals surface area contributed by atoms with Gasteiger partial charge in [-0.2, -0.15) is 5.10 Å². The second-order valence-corrected chi connectivity index (χ2v) is 9.10. The molecule has 0 bridgehead atoms. The quantitative estimate of drug-likeness (QED) is 0.660. The zero-order valence-corrected chi connectivity index (χ0v) is 18.9. The third-order valence-electron chi connectivity index (χ3n) is 5.34. The van der Waals surface area contributed by atoms with Gasteiger partial charge in [-0.1, -0.05) is 63.2 Å². The number of nitrogens with zero attached hydrogens (tertiary/aromatic N) is 2. The Labute approximate surface area is 179 Å². The fourth-order valence-corrected chi connectivity index (χ4v) is 3.64. The van der Waals surface area contributed by atoms with E-state index in [0.717, 1.165) is 34.2 Å². The first kappa shape index (κ1) is 21.8. The van der Waals surface area contributed by atoms with Crippen molar-refractivity contribution in [3.63, 3.8) is 0 Å². The lowest BCUT2D eigenvalue weighted by molar-refractivity contribution is -0.885. The highest BCUT2D eigenvalue weighted by Crippen LogP contribution is 2.23. The minimum Gasteiger partial charge on any atom is -0.326 e. The Morgan fingerprint density at radius 1 is 1.03 bits per heavy atom. The largest absolute Gasteiger partial charge is 0.326 e. The van der Waals surface area contributed by atoms with Crippen LogP contribution in [0, 0.1) is 13.8 Å². The molecule has 0 radical (unpaired) electrons. The number of quaternary nitrogens is 1. The molecule has 2 N–H and O–H groups in total. The number of hydrogen-bond donors (Lipinski definition) is 2. The Bertz CT molecular complexity index is 998. The Morgan fingerprint density at radius 2 is 1.67 bits per heavy atom. The average molecular weight is 406 g/mol. The molecule has 0 aliphatic heterocycles. The van der Waals surface area contributed by atoms with Crippen LogP contribution in [0.3, 0.4) is 0 Å². The zero-order chi connectivity index (χ0) is 21.9. The molecule has 0 spiro atoms. The van der Waals surface area contributed by atoms with Crippen molar-refractivity contribution in [2.24, 2.45) is 0 Å². The molecule has 3 aromatic rings. The maximum atomic E-state index is 12.7. The number of para-hydroxylation sites is 1. The summed E-state index contributed by atoms with van der Waals surface area (Å²) in [4.78, 5) is 13.8. The van der Waals surface area contributed by atoms with E-state index in [0.29, 0.717) is 6.54 Å². The lowest BCUT2D eigenvalue weighted by Crippen LogP contribution is -3.08. The topological polar surface area (TPSA) is 51.4 Å². The predicted octanol–water partition coefficient (Wildman–Crippen LogP) is 3.44. The highest BCUT2D eigenvalue weighted by atomic mass is 16.2. The van der Waals surface area contributed by atoms with E-state index in [4.69, 9.17) is 0 Å². The zero-order valence-electron chi connectivity index (χ0n) is 18.9. The highest BCUT2D eigenvalue weighted by Gasteiger charge is 2.18. The molecule has 1 amide bonds. The first-order chi connectivity index (χ1) is 14.1. The summed E-state index contributed by atoms with van der Waals surface area (Å²) in [5, 5.41) is 7.67. The smallest absolute Gasteiger partial charge is 0.279 e. The van der Waals surface area contributed by atoms with Crippen LogP contribution in [0.5, 0.6) is 0 Å². The first-order valence-corrected chi connectivity index (χ1v) is 10.5. The number of nitrogens with one attached hydrogen (secondary N) is 2. The van der Waals surface area contributed by atoms with Crippen molar-refractivity contribution < 1.29 is 9.69 Å². The molecule has 0 aliphatic rings. The number of aromatic nitrogens is 2. The molecule has 1 heterocycles. The average Bonchev–Trinajstić information content (AvgIpc) is 2.96. The van der Waals surface area contributed by atoms with Crippen molar-refractivity contribution in [2.75, 3.05) is 18.9 Å². The van der Waals surface area contributed by atoms with Crippen molar-refractivity contribution in [1.82, 2.24) is 9.78 Å². The van der Waals surface area contributed by atoms with Gasteiger partial charge < -0.3 is 10.2 Å². The van der Waals surface area contributed by atoms with Crippen molar-refractivity contribution in [3.8, 4) is 5.69 Å². The fourth-order valence-electron chi connectivity index (χ4n) is 3.64. The van der Waals surface area contributed by atoms with E-state index in [9.17, 15) is 4.79 Å². The van der Waals surface area contributed by atoms with Gasteiger partial charge in [-0.05, 0) is 37.0 Å². The molecular weight excluding hydrogens is 372 g/mol. The standard InChI is InChI=1S/C25H32N4O/c1-18-24(19(2)29(27-18)22-10-8-7-9-11-22)26-23(30)17-28(6)16-20-12-14-21(15-13-20)25(3,4)5/h7-15H,16-17H2,1-6H3,(H,26,30)/p+1. The number of rotatable bonds is 6. The number of carbonyl (C=O) groups excluding carboxylic acids is 1. The van der Waals surface area contributed by atoms with Crippen molar-refractivity contribution in [3.05, 3.63) is 77.1 Å². The van der Waals surface area contributed by atoms with Gasteiger partial charge in [0.1, 0.15) is 6.54 Å². The third-order valence-corrected chi connectivity index (χ3v) is 5.34. The van der Waals surface area contributed by atoms with Gasteiger partial charge in [0.05, 0.1) is 29.8 Å². The number of likely N-dealkylation sites (N-methyl/N-ethyl adjacent to an activating group) is 1. The van der Waals surface area contributed by atoms with Crippen LogP contribution in [0.1, 0.15) is 43.3 Å². The Hall–Kier alpha value is -2.92. The van der Waals surface area contributed by atoms with Gasteiger partial charge in [-0.3, -0.25) is 4.79 Å². The number of anilines is 1. The summed E-state index contributed by atoms with van der Waals surface area (Å²) in [5.41, 5.74) is 6.24. The van der Waals surface area contributed by atoms with Crippen molar-refractivity contribution >= 4 is 11.6 Å². The molecule has 0 saturated heterocycles. The second-order valence-electron chi connectivity index (χ2n) is 9.10. The van der Waals surface area contributed by atoms with Crippen LogP contribution in [-0.4, -0.2) is 29.3 Å². The lowest BCUT2D eigenvalue weighted by Gasteiger charge is -2.19. The van der Waals surface area contributed by atoms with Gasteiger partial charge in [0.15, 0.2) is 6.54 Å². The number of amides is 1. The van der Waals surface area contributed by atoms with E-state index >= 15 is 0 Å². The molecule has 3 rings (SSSR count). The molecule has 1 unspecified atom stereocenters. The maximum absolute atomic E-state index is 12.7. The molecule has 0 saturated carbocycles. The molecule has 1 aromatic heterocycles. The van der Waals surface area contributed by atoms with Crippen LogP contribution >= 0.6 is 0 Å².